The predicted molar refractivity (Wildman–Crippen MR) is 113 cm³/mol. The van der Waals surface area contributed by atoms with E-state index in [9.17, 15) is 8.42 Å². The van der Waals surface area contributed by atoms with Crippen molar-refractivity contribution in [2.45, 2.75) is 37.5 Å². The summed E-state index contributed by atoms with van der Waals surface area (Å²) in [5.41, 5.74) is 4.20. The second-order valence-corrected chi connectivity index (χ2v) is 10.0. The van der Waals surface area contributed by atoms with Crippen LogP contribution in [0.1, 0.15) is 35.8 Å². The Morgan fingerprint density at radius 1 is 1.10 bits per heavy atom. The zero-order chi connectivity index (χ0) is 20.9. The number of sulfonamides is 1. The molecule has 1 aliphatic carbocycles. The molecule has 3 heterocycles. The Kier molecular flexibility index (Phi) is 4.67. The summed E-state index contributed by atoms with van der Waals surface area (Å²) < 4.78 is 33.5. The third-order valence-corrected chi connectivity index (χ3v) is 7.92. The van der Waals surface area contributed by atoms with Gasteiger partial charge in [0, 0.05) is 44.0 Å². The van der Waals surface area contributed by atoms with Crippen molar-refractivity contribution in [2.24, 2.45) is 0 Å². The van der Waals surface area contributed by atoms with E-state index in [1.54, 1.807) is 10.4 Å². The van der Waals surface area contributed by atoms with Gasteiger partial charge < -0.3 is 14.3 Å². The van der Waals surface area contributed by atoms with Gasteiger partial charge in [0.25, 0.3) is 5.89 Å². The van der Waals surface area contributed by atoms with Gasteiger partial charge in [-0.25, -0.2) is 8.42 Å². The van der Waals surface area contributed by atoms with Crippen molar-refractivity contribution in [2.75, 3.05) is 31.1 Å². The number of nitrogens with one attached hydrogen (secondary N) is 1. The van der Waals surface area contributed by atoms with Crippen LogP contribution in [-0.4, -0.2) is 54.1 Å². The van der Waals surface area contributed by atoms with E-state index in [1.807, 2.05) is 6.07 Å². The Morgan fingerprint density at radius 3 is 2.60 bits per heavy atom. The van der Waals surface area contributed by atoms with Gasteiger partial charge in [-0.1, -0.05) is 12.1 Å². The molecule has 0 radical (unpaired) electrons. The molecule has 1 aliphatic heterocycles. The van der Waals surface area contributed by atoms with Gasteiger partial charge in [-0.05, 0) is 49.9 Å². The molecule has 2 aliphatic rings. The maximum Gasteiger partial charge on any atom is 0.264 e. The molecule has 0 spiro atoms. The van der Waals surface area contributed by atoms with Crippen molar-refractivity contribution in [3.05, 3.63) is 47.5 Å². The number of H-pyrrole nitrogens is 1. The van der Waals surface area contributed by atoms with Gasteiger partial charge in [0.2, 0.25) is 15.9 Å². The molecule has 0 bridgehead atoms. The lowest BCUT2D eigenvalue weighted by Crippen LogP contribution is -2.48. The molecule has 0 amide bonds. The van der Waals surface area contributed by atoms with E-state index in [4.69, 9.17) is 4.42 Å². The summed E-state index contributed by atoms with van der Waals surface area (Å²) in [6.07, 6.45) is 3.64. The highest BCUT2D eigenvalue weighted by atomic mass is 32.2. The lowest BCUT2D eigenvalue weighted by molar-refractivity contribution is 0.385. The number of aromatic amines is 1. The maximum absolute atomic E-state index is 13.1. The number of benzene rings is 1. The molecule has 1 aromatic carbocycles. The Bertz CT molecular complexity index is 1170. The number of aromatic nitrogens is 3. The molecule has 9 heteroatoms. The lowest BCUT2D eigenvalue weighted by atomic mass is 10.1. The number of piperazine rings is 1. The number of aryl methyl sites for hydroxylation is 1. The Hall–Kier alpha value is -2.65. The maximum atomic E-state index is 13.1. The van der Waals surface area contributed by atoms with Gasteiger partial charge in [-0.3, -0.25) is 0 Å². The minimum Gasteiger partial charge on any atom is -0.419 e. The molecule has 5 rings (SSSR count). The van der Waals surface area contributed by atoms with Crippen LogP contribution >= 0.6 is 0 Å². The summed E-state index contributed by atoms with van der Waals surface area (Å²) in [6.45, 7) is 6.43. The van der Waals surface area contributed by atoms with Crippen LogP contribution in [-0.2, 0) is 10.0 Å². The van der Waals surface area contributed by atoms with E-state index in [0.717, 1.165) is 12.8 Å². The average Bonchev–Trinajstić information content (AvgIpc) is 3.26. The molecule has 1 saturated carbocycles. The standard InChI is InChI=1S/C21H25N5O3S/c1-14-4-3-5-19(15(14)2)25-8-10-26(11-9-25)30(27,28)17-12-18(22-13-17)21-24-23-20(29-21)16-6-7-16/h3-5,12-13,16,22H,6-11H2,1-2H3. The Balaban J connectivity index is 1.30. The van der Waals surface area contributed by atoms with Crippen molar-refractivity contribution in [3.63, 3.8) is 0 Å². The SMILES string of the molecule is Cc1cccc(N2CCN(S(=O)(=O)c3c[nH]c(-c4nnc(C5CC5)o4)c3)CC2)c1C. The second kappa shape index (κ2) is 7.24. The van der Waals surface area contributed by atoms with Crippen LogP contribution in [0.5, 0.6) is 0 Å². The molecule has 158 valence electrons. The summed E-state index contributed by atoms with van der Waals surface area (Å²) in [6, 6.07) is 7.83. The highest BCUT2D eigenvalue weighted by Gasteiger charge is 2.32. The monoisotopic (exact) mass is 427 g/mol. The average molecular weight is 428 g/mol. The third kappa shape index (κ3) is 3.41. The number of rotatable bonds is 5. The van der Waals surface area contributed by atoms with Crippen LogP contribution in [0.25, 0.3) is 11.6 Å². The van der Waals surface area contributed by atoms with E-state index in [2.05, 4.69) is 46.1 Å². The van der Waals surface area contributed by atoms with E-state index < -0.39 is 10.0 Å². The fraction of sp³-hybridized carbons (Fsp3) is 0.429. The van der Waals surface area contributed by atoms with Crippen molar-refractivity contribution >= 4 is 15.7 Å². The summed E-state index contributed by atoms with van der Waals surface area (Å²) in [5.74, 6) is 1.32. The molecule has 1 N–H and O–H groups in total. The van der Waals surface area contributed by atoms with Gasteiger partial charge in [0.15, 0.2) is 0 Å². The molecule has 30 heavy (non-hydrogen) atoms. The van der Waals surface area contributed by atoms with Gasteiger partial charge in [-0.15, -0.1) is 10.2 Å². The van der Waals surface area contributed by atoms with E-state index in [1.165, 1.54) is 23.0 Å². The van der Waals surface area contributed by atoms with Crippen LogP contribution in [0.4, 0.5) is 5.69 Å². The molecule has 2 aromatic heterocycles. The van der Waals surface area contributed by atoms with Gasteiger partial charge in [0.1, 0.15) is 10.6 Å². The Morgan fingerprint density at radius 2 is 1.87 bits per heavy atom. The first-order valence-electron chi connectivity index (χ1n) is 10.3. The normalized spacial score (nSPS) is 18.1. The molecule has 8 nitrogen and oxygen atoms in total. The number of hydrogen-bond donors (Lipinski definition) is 1. The van der Waals surface area contributed by atoms with Crippen molar-refractivity contribution in [1.82, 2.24) is 19.5 Å². The quantitative estimate of drug-likeness (QED) is 0.672. The highest BCUT2D eigenvalue weighted by Crippen LogP contribution is 2.40. The van der Waals surface area contributed by atoms with Crippen molar-refractivity contribution in [1.29, 1.82) is 0 Å². The molecular formula is C21H25N5O3S. The van der Waals surface area contributed by atoms with Crippen molar-refractivity contribution < 1.29 is 12.8 Å². The Labute approximate surface area is 176 Å². The van der Waals surface area contributed by atoms with E-state index in [-0.39, 0.29) is 4.90 Å². The first kappa shape index (κ1) is 19.3. The third-order valence-electron chi connectivity index (χ3n) is 6.05. The van der Waals surface area contributed by atoms with Crippen LogP contribution in [0.3, 0.4) is 0 Å². The second-order valence-electron chi connectivity index (χ2n) is 8.08. The fourth-order valence-corrected chi connectivity index (χ4v) is 5.30. The van der Waals surface area contributed by atoms with Gasteiger partial charge in [0.05, 0.1) is 0 Å². The number of anilines is 1. The first-order chi connectivity index (χ1) is 14.4. The predicted octanol–water partition coefficient (Wildman–Crippen LogP) is 3.07. The molecule has 1 saturated heterocycles. The molecule has 0 unspecified atom stereocenters. The van der Waals surface area contributed by atoms with Crippen LogP contribution in [0.15, 0.2) is 39.8 Å². The molecule has 0 atom stereocenters. The van der Waals surface area contributed by atoms with E-state index in [0.29, 0.717) is 49.6 Å². The fourth-order valence-electron chi connectivity index (χ4n) is 3.88. The molecule has 3 aromatic rings. The molecular weight excluding hydrogens is 402 g/mol. The first-order valence-corrected chi connectivity index (χ1v) is 11.7. The number of hydrogen-bond acceptors (Lipinski definition) is 6. The van der Waals surface area contributed by atoms with Crippen LogP contribution in [0, 0.1) is 13.8 Å². The minimum absolute atomic E-state index is 0.226. The van der Waals surface area contributed by atoms with Crippen LogP contribution < -0.4 is 4.90 Å². The van der Waals surface area contributed by atoms with Crippen molar-refractivity contribution in [3.8, 4) is 11.6 Å². The summed E-state index contributed by atoms with van der Waals surface area (Å²) in [4.78, 5) is 5.46. The minimum atomic E-state index is -3.58. The summed E-state index contributed by atoms with van der Waals surface area (Å²) in [7, 11) is -3.58. The zero-order valence-electron chi connectivity index (χ0n) is 17.1. The topological polar surface area (TPSA) is 95.3 Å². The van der Waals surface area contributed by atoms with Gasteiger partial charge in [-0.2, -0.15) is 4.31 Å². The summed E-state index contributed by atoms with van der Waals surface area (Å²) >= 11 is 0. The largest absolute Gasteiger partial charge is 0.419 e. The smallest absolute Gasteiger partial charge is 0.264 e. The van der Waals surface area contributed by atoms with E-state index >= 15 is 0 Å². The summed E-state index contributed by atoms with van der Waals surface area (Å²) in [5, 5.41) is 8.12. The molecule has 2 fully saturated rings. The zero-order valence-corrected chi connectivity index (χ0v) is 17.9. The van der Waals surface area contributed by atoms with Gasteiger partial charge >= 0.3 is 0 Å². The lowest BCUT2D eigenvalue weighted by Gasteiger charge is -2.36. The highest BCUT2D eigenvalue weighted by molar-refractivity contribution is 7.89. The van der Waals surface area contributed by atoms with Crippen LogP contribution in [0.2, 0.25) is 0 Å². The number of nitrogens with zero attached hydrogens (tertiary/aromatic N) is 4.